The van der Waals surface area contributed by atoms with Crippen LogP contribution < -0.4 is 4.74 Å². The SMILES string of the molecule is CCC(O)C(=O)c1ccc(OCCCBr)cc1. The molecule has 3 nitrogen and oxygen atoms in total. The number of aliphatic hydroxyl groups is 1. The number of ketones is 1. The molecule has 0 amide bonds. The molecule has 1 N–H and O–H groups in total. The molecule has 0 saturated carbocycles. The van der Waals surface area contributed by atoms with E-state index in [1.807, 2.05) is 0 Å². The molecule has 0 aliphatic heterocycles. The zero-order valence-corrected chi connectivity index (χ0v) is 11.4. The van der Waals surface area contributed by atoms with Gasteiger partial charge in [0.25, 0.3) is 0 Å². The van der Waals surface area contributed by atoms with E-state index in [4.69, 9.17) is 4.74 Å². The number of benzene rings is 1. The summed E-state index contributed by atoms with van der Waals surface area (Å²) < 4.78 is 5.46. The average molecular weight is 301 g/mol. The zero-order valence-electron chi connectivity index (χ0n) is 9.86. The fourth-order valence-electron chi connectivity index (χ4n) is 1.34. The number of hydrogen-bond acceptors (Lipinski definition) is 3. The van der Waals surface area contributed by atoms with Crippen LogP contribution in [0, 0.1) is 0 Å². The fraction of sp³-hybridized carbons (Fsp3) is 0.462. The molecule has 0 aliphatic rings. The Morgan fingerprint density at radius 2 is 2.06 bits per heavy atom. The number of ether oxygens (including phenoxy) is 1. The van der Waals surface area contributed by atoms with E-state index in [-0.39, 0.29) is 5.78 Å². The van der Waals surface area contributed by atoms with Crippen molar-refractivity contribution in [2.45, 2.75) is 25.9 Å². The van der Waals surface area contributed by atoms with Gasteiger partial charge in [0, 0.05) is 10.9 Å². The molecule has 1 aromatic carbocycles. The maximum absolute atomic E-state index is 11.7. The summed E-state index contributed by atoms with van der Waals surface area (Å²) in [5, 5.41) is 10.3. The first-order chi connectivity index (χ1) is 8.19. The van der Waals surface area contributed by atoms with Crippen LogP contribution in [0.15, 0.2) is 24.3 Å². The summed E-state index contributed by atoms with van der Waals surface area (Å²) in [5.74, 6) is 0.507. The van der Waals surface area contributed by atoms with Crippen LogP contribution in [0.2, 0.25) is 0 Å². The van der Waals surface area contributed by atoms with E-state index in [0.717, 1.165) is 17.5 Å². The van der Waals surface area contributed by atoms with E-state index in [1.54, 1.807) is 31.2 Å². The number of carbonyl (C=O) groups excluding carboxylic acids is 1. The van der Waals surface area contributed by atoms with E-state index < -0.39 is 6.10 Å². The highest BCUT2D eigenvalue weighted by Gasteiger charge is 2.14. The maximum atomic E-state index is 11.7. The molecule has 1 atom stereocenters. The summed E-state index contributed by atoms with van der Waals surface area (Å²) in [6.07, 6.45) is 0.465. The first-order valence-corrected chi connectivity index (χ1v) is 6.82. The van der Waals surface area contributed by atoms with Crippen LogP contribution in [-0.2, 0) is 0 Å². The molecule has 1 unspecified atom stereocenters. The smallest absolute Gasteiger partial charge is 0.191 e. The number of halogens is 1. The Morgan fingerprint density at radius 1 is 1.41 bits per heavy atom. The molecule has 4 heteroatoms. The first-order valence-electron chi connectivity index (χ1n) is 5.70. The van der Waals surface area contributed by atoms with Crippen LogP contribution in [-0.4, -0.2) is 28.9 Å². The lowest BCUT2D eigenvalue weighted by atomic mass is 10.0. The number of aliphatic hydroxyl groups excluding tert-OH is 1. The lowest BCUT2D eigenvalue weighted by molar-refractivity contribution is 0.0740. The second-order valence-electron chi connectivity index (χ2n) is 3.70. The molecule has 0 spiro atoms. The number of rotatable bonds is 7. The van der Waals surface area contributed by atoms with Gasteiger partial charge in [-0.05, 0) is 37.1 Å². The van der Waals surface area contributed by atoms with Crippen molar-refractivity contribution in [2.75, 3.05) is 11.9 Å². The Labute approximate surface area is 110 Å². The van der Waals surface area contributed by atoms with Gasteiger partial charge in [-0.3, -0.25) is 4.79 Å². The Kier molecular flexibility index (Phi) is 6.22. The molecule has 1 aromatic rings. The normalized spacial score (nSPS) is 12.2. The molecule has 17 heavy (non-hydrogen) atoms. The monoisotopic (exact) mass is 300 g/mol. The van der Waals surface area contributed by atoms with Gasteiger partial charge < -0.3 is 9.84 Å². The van der Waals surface area contributed by atoms with E-state index in [0.29, 0.717) is 18.6 Å². The molecule has 0 aliphatic carbocycles. The van der Waals surface area contributed by atoms with Crippen molar-refractivity contribution in [2.24, 2.45) is 0 Å². The molecule has 94 valence electrons. The highest BCUT2D eigenvalue weighted by Crippen LogP contribution is 2.14. The molecule has 0 fully saturated rings. The topological polar surface area (TPSA) is 46.5 Å². The molecule has 0 saturated heterocycles. The van der Waals surface area contributed by atoms with Gasteiger partial charge in [0.1, 0.15) is 11.9 Å². The molecule has 0 radical (unpaired) electrons. The van der Waals surface area contributed by atoms with Crippen LogP contribution in [0.4, 0.5) is 0 Å². The quantitative estimate of drug-likeness (QED) is 0.478. The minimum atomic E-state index is -0.907. The van der Waals surface area contributed by atoms with Crippen LogP contribution in [0.3, 0.4) is 0 Å². The third kappa shape index (κ3) is 4.48. The second kappa shape index (κ2) is 7.45. The van der Waals surface area contributed by atoms with Crippen molar-refractivity contribution >= 4 is 21.7 Å². The zero-order chi connectivity index (χ0) is 12.7. The van der Waals surface area contributed by atoms with Crippen molar-refractivity contribution in [3.8, 4) is 5.75 Å². The lowest BCUT2D eigenvalue weighted by Crippen LogP contribution is -2.19. The van der Waals surface area contributed by atoms with Crippen molar-refractivity contribution in [3.05, 3.63) is 29.8 Å². The van der Waals surface area contributed by atoms with Gasteiger partial charge in [-0.15, -0.1) is 0 Å². The van der Waals surface area contributed by atoms with Crippen molar-refractivity contribution in [1.82, 2.24) is 0 Å². The van der Waals surface area contributed by atoms with E-state index in [1.165, 1.54) is 0 Å². The third-order valence-corrected chi connectivity index (χ3v) is 2.94. The maximum Gasteiger partial charge on any atom is 0.191 e. The predicted molar refractivity (Wildman–Crippen MR) is 71.0 cm³/mol. The number of hydrogen-bond donors (Lipinski definition) is 1. The van der Waals surface area contributed by atoms with Gasteiger partial charge >= 0.3 is 0 Å². The summed E-state index contributed by atoms with van der Waals surface area (Å²) >= 11 is 3.32. The van der Waals surface area contributed by atoms with Crippen molar-refractivity contribution in [1.29, 1.82) is 0 Å². The van der Waals surface area contributed by atoms with Crippen LogP contribution >= 0.6 is 15.9 Å². The summed E-state index contributed by atoms with van der Waals surface area (Å²) in [6, 6.07) is 6.88. The summed E-state index contributed by atoms with van der Waals surface area (Å²) in [4.78, 5) is 11.7. The minimum Gasteiger partial charge on any atom is -0.494 e. The van der Waals surface area contributed by atoms with E-state index in [2.05, 4.69) is 15.9 Å². The van der Waals surface area contributed by atoms with E-state index in [9.17, 15) is 9.90 Å². The molecular weight excluding hydrogens is 284 g/mol. The van der Waals surface area contributed by atoms with Gasteiger partial charge in [-0.1, -0.05) is 22.9 Å². The highest BCUT2D eigenvalue weighted by atomic mass is 79.9. The number of Topliss-reactive ketones (excluding diaryl/α,β-unsaturated/α-hetero) is 1. The highest BCUT2D eigenvalue weighted by molar-refractivity contribution is 9.09. The molecule has 0 heterocycles. The minimum absolute atomic E-state index is 0.237. The standard InChI is InChI=1S/C13H17BrO3/c1-2-12(15)13(16)10-4-6-11(7-5-10)17-9-3-8-14/h4-7,12,15H,2-3,8-9H2,1H3. The van der Waals surface area contributed by atoms with Crippen LogP contribution in [0.1, 0.15) is 30.1 Å². The average Bonchev–Trinajstić information content (AvgIpc) is 2.38. The van der Waals surface area contributed by atoms with Crippen LogP contribution in [0.5, 0.6) is 5.75 Å². The molecule has 0 bridgehead atoms. The summed E-state index contributed by atoms with van der Waals surface area (Å²) in [7, 11) is 0. The second-order valence-corrected chi connectivity index (χ2v) is 4.50. The Bertz CT molecular complexity index is 348. The largest absolute Gasteiger partial charge is 0.494 e. The van der Waals surface area contributed by atoms with Crippen molar-refractivity contribution < 1.29 is 14.6 Å². The number of alkyl halides is 1. The Morgan fingerprint density at radius 3 is 2.59 bits per heavy atom. The van der Waals surface area contributed by atoms with Gasteiger partial charge in [-0.25, -0.2) is 0 Å². The Balaban J connectivity index is 2.58. The number of carbonyl (C=O) groups is 1. The predicted octanol–water partition coefficient (Wildman–Crippen LogP) is 2.80. The van der Waals surface area contributed by atoms with Crippen LogP contribution in [0.25, 0.3) is 0 Å². The summed E-state index contributed by atoms with van der Waals surface area (Å²) in [5.41, 5.74) is 0.521. The first kappa shape index (κ1) is 14.2. The van der Waals surface area contributed by atoms with Gasteiger partial charge in [0.05, 0.1) is 6.61 Å². The van der Waals surface area contributed by atoms with Gasteiger partial charge in [0.2, 0.25) is 0 Å². The molecule has 0 aromatic heterocycles. The Hall–Kier alpha value is -0.870. The van der Waals surface area contributed by atoms with Gasteiger partial charge in [0.15, 0.2) is 5.78 Å². The van der Waals surface area contributed by atoms with E-state index >= 15 is 0 Å². The fourth-order valence-corrected chi connectivity index (χ4v) is 1.57. The molecular formula is C13H17BrO3. The summed E-state index contributed by atoms with van der Waals surface area (Å²) in [6.45, 7) is 2.43. The van der Waals surface area contributed by atoms with Crippen molar-refractivity contribution in [3.63, 3.8) is 0 Å². The third-order valence-electron chi connectivity index (χ3n) is 2.37. The van der Waals surface area contributed by atoms with Gasteiger partial charge in [-0.2, -0.15) is 0 Å². The molecule has 1 rings (SSSR count). The lowest BCUT2D eigenvalue weighted by Gasteiger charge is -2.08.